The lowest BCUT2D eigenvalue weighted by atomic mass is 10.1. The zero-order valence-electron chi connectivity index (χ0n) is 12.5. The first-order chi connectivity index (χ1) is 9.75. The van der Waals surface area contributed by atoms with Crippen molar-refractivity contribution in [1.29, 1.82) is 0 Å². The number of hydrogen-bond acceptors (Lipinski definition) is 3. The van der Waals surface area contributed by atoms with E-state index in [0.29, 0.717) is 6.04 Å². The van der Waals surface area contributed by atoms with E-state index in [2.05, 4.69) is 21.9 Å². The van der Waals surface area contributed by atoms with Crippen LogP contribution in [0.3, 0.4) is 0 Å². The van der Waals surface area contributed by atoms with Gasteiger partial charge in [-0.3, -0.25) is 4.90 Å². The second-order valence-electron chi connectivity index (χ2n) is 6.22. The minimum atomic E-state index is -0.389. The third kappa shape index (κ3) is 2.84. The highest BCUT2D eigenvalue weighted by atomic mass is 16.3. The summed E-state index contributed by atoms with van der Waals surface area (Å²) in [7, 11) is 0. The smallest absolute Gasteiger partial charge is 0.0781 e. The molecular weight excluding hydrogens is 248 g/mol. The fourth-order valence-electron chi connectivity index (χ4n) is 3.67. The van der Waals surface area contributed by atoms with Crippen LogP contribution in [0, 0.1) is 0 Å². The van der Waals surface area contributed by atoms with E-state index in [9.17, 15) is 5.11 Å². The molecule has 0 amide bonds. The van der Waals surface area contributed by atoms with Crippen LogP contribution >= 0.6 is 0 Å². The van der Waals surface area contributed by atoms with Gasteiger partial charge in [0.1, 0.15) is 0 Å². The standard InChI is InChI=1S/C17H26N2O/c1-14(20)16-7-3-4-8-17(16)19-12-9-15(13-19)18-10-5-2-6-11-18/h3-4,7-8,14-15,20H,2,5-6,9-13H2,1H3/t14-,15?/m0/s1. The van der Waals surface area contributed by atoms with Gasteiger partial charge in [-0.2, -0.15) is 0 Å². The molecule has 0 spiro atoms. The first-order valence-corrected chi connectivity index (χ1v) is 8.01. The van der Waals surface area contributed by atoms with Crippen molar-refractivity contribution in [2.75, 3.05) is 31.1 Å². The van der Waals surface area contributed by atoms with Gasteiger partial charge in [-0.05, 0) is 45.3 Å². The summed E-state index contributed by atoms with van der Waals surface area (Å²) in [6, 6.07) is 9.01. The number of anilines is 1. The van der Waals surface area contributed by atoms with Crippen LogP contribution in [-0.2, 0) is 0 Å². The van der Waals surface area contributed by atoms with E-state index >= 15 is 0 Å². The highest BCUT2D eigenvalue weighted by Gasteiger charge is 2.29. The second kappa shape index (κ2) is 6.15. The fraction of sp³-hybridized carbons (Fsp3) is 0.647. The van der Waals surface area contributed by atoms with Crippen molar-refractivity contribution in [2.45, 2.75) is 44.8 Å². The van der Waals surface area contributed by atoms with Crippen molar-refractivity contribution >= 4 is 5.69 Å². The molecule has 1 aromatic carbocycles. The Morgan fingerprint density at radius 2 is 1.85 bits per heavy atom. The molecule has 110 valence electrons. The Kier molecular flexibility index (Phi) is 4.27. The van der Waals surface area contributed by atoms with Crippen molar-refractivity contribution in [2.24, 2.45) is 0 Å². The van der Waals surface area contributed by atoms with E-state index in [0.717, 1.165) is 18.7 Å². The van der Waals surface area contributed by atoms with Crippen molar-refractivity contribution in [3.05, 3.63) is 29.8 Å². The van der Waals surface area contributed by atoms with Crippen molar-refractivity contribution < 1.29 is 5.11 Å². The number of piperidine rings is 1. The molecule has 2 saturated heterocycles. The Balaban J connectivity index is 1.70. The lowest BCUT2D eigenvalue weighted by Crippen LogP contribution is -2.41. The number of nitrogens with zero attached hydrogens (tertiary/aromatic N) is 2. The monoisotopic (exact) mass is 274 g/mol. The summed E-state index contributed by atoms with van der Waals surface area (Å²) >= 11 is 0. The van der Waals surface area contributed by atoms with E-state index in [4.69, 9.17) is 0 Å². The van der Waals surface area contributed by atoms with Gasteiger partial charge in [0.25, 0.3) is 0 Å². The number of aliphatic hydroxyl groups excluding tert-OH is 1. The summed E-state index contributed by atoms with van der Waals surface area (Å²) in [5.41, 5.74) is 2.29. The van der Waals surface area contributed by atoms with Crippen LogP contribution in [0.25, 0.3) is 0 Å². The SMILES string of the molecule is C[C@H](O)c1ccccc1N1CCC(N2CCCCC2)C1. The number of benzene rings is 1. The lowest BCUT2D eigenvalue weighted by Gasteiger charge is -2.32. The van der Waals surface area contributed by atoms with E-state index in [1.807, 2.05) is 19.1 Å². The predicted molar refractivity (Wildman–Crippen MR) is 83.1 cm³/mol. The summed E-state index contributed by atoms with van der Waals surface area (Å²) in [5.74, 6) is 0. The molecule has 0 bridgehead atoms. The minimum absolute atomic E-state index is 0.389. The number of likely N-dealkylation sites (tertiary alicyclic amines) is 1. The van der Waals surface area contributed by atoms with Crippen molar-refractivity contribution in [1.82, 2.24) is 4.90 Å². The maximum atomic E-state index is 9.94. The normalized spacial score (nSPS) is 25.9. The van der Waals surface area contributed by atoms with Gasteiger partial charge in [0.15, 0.2) is 0 Å². The molecular formula is C17H26N2O. The molecule has 20 heavy (non-hydrogen) atoms. The van der Waals surface area contributed by atoms with Gasteiger partial charge in [-0.15, -0.1) is 0 Å². The molecule has 0 aliphatic carbocycles. The maximum Gasteiger partial charge on any atom is 0.0781 e. The molecule has 2 fully saturated rings. The van der Waals surface area contributed by atoms with Crippen LogP contribution in [0.5, 0.6) is 0 Å². The maximum absolute atomic E-state index is 9.94. The highest BCUT2D eigenvalue weighted by molar-refractivity contribution is 5.55. The quantitative estimate of drug-likeness (QED) is 0.918. The van der Waals surface area contributed by atoms with Gasteiger partial charge in [0, 0.05) is 30.4 Å². The number of hydrogen-bond donors (Lipinski definition) is 1. The van der Waals surface area contributed by atoms with Crippen molar-refractivity contribution in [3.8, 4) is 0 Å². The minimum Gasteiger partial charge on any atom is -0.389 e. The van der Waals surface area contributed by atoms with E-state index in [1.165, 1.54) is 44.5 Å². The molecule has 1 aromatic rings. The molecule has 2 aliphatic rings. The summed E-state index contributed by atoms with van der Waals surface area (Å²) in [6.07, 6.45) is 4.99. The van der Waals surface area contributed by atoms with Crippen LogP contribution in [0.2, 0.25) is 0 Å². The van der Waals surface area contributed by atoms with Gasteiger partial charge in [0.2, 0.25) is 0 Å². The van der Waals surface area contributed by atoms with Crippen LogP contribution in [0.15, 0.2) is 24.3 Å². The molecule has 0 saturated carbocycles. The van der Waals surface area contributed by atoms with E-state index in [-0.39, 0.29) is 6.10 Å². The van der Waals surface area contributed by atoms with E-state index in [1.54, 1.807) is 0 Å². The zero-order chi connectivity index (χ0) is 13.9. The largest absolute Gasteiger partial charge is 0.389 e. The molecule has 2 atom stereocenters. The number of aliphatic hydroxyl groups is 1. The molecule has 0 aromatic heterocycles. The topological polar surface area (TPSA) is 26.7 Å². The first kappa shape index (κ1) is 13.9. The Labute approximate surface area is 122 Å². The molecule has 3 nitrogen and oxygen atoms in total. The predicted octanol–water partition coefficient (Wildman–Crippen LogP) is 2.80. The third-order valence-electron chi connectivity index (χ3n) is 4.80. The lowest BCUT2D eigenvalue weighted by molar-refractivity contribution is 0.174. The molecule has 2 heterocycles. The molecule has 2 aliphatic heterocycles. The summed E-state index contributed by atoms with van der Waals surface area (Å²) in [5, 5.41) is 9.94. The average Bonchev–Trinajstić information content (AvgIpc) is 2.98. The Morgan fingerprint density at radius 3 is 2.60 bits per heavy atom. The number of para-hydroxylation sites is 1. The zero-order valence-corrected chi connectivity index (χ0v) is 12.5. The molecule has 3 heteroatoms. The summed E-state index contributed by atoms with van der Waals surface area (Å²) in [6.45, 7) is 6.64. The van der Waals surface area contributed by atoms with Gasteiger partial charge < -0.3 is 10.0 Å². The van der Waals surface area contributed by atoms with Crippen molar-refractivity contribution in [3.63, 3.8) is 0 Å². The highest BCUT2D eigenvalue weighted by Crippen LogP contribution is 2.30. The van der Waals surface area contributed by atoms with Crippen LogP contribution in [-0.4, -0.2) is 42.2 Å². The van der Waals surface area contributed by atoms with Gasteiger partial charge in [0.05, 0.1) is 6.10 Å². The Bertz CT molecular complexity index is 440. The second-order valence-corrected chi connectivity index (χ2v) is 6.22. The van der Waals surface area contributed by atoms with Crippen LogP contribution < -0.4 is 4.90 Å². The summed E-state index contributed by atoms with van der Waals surface area (Å²) in [4.78, 5) is 5.13. The van der Waals surface area contributed by atoms with E-state index < -0.39 is 0 Å². The van der Waals surface area contributed by atoms with Gasteiger partial charge >= 0.3 is 0 Å². The fourth-order valence-corrected chi connectivity index (χ4v) is 3.67. The average molecular weight is 274 g/mol. The van der Waals surface area contributed by atoms with Gasteiger partial charge in [-0.25, -0.2) is 0 Å². The Hall–Kier alpha value is -1.06. The number of rotatable bonds is 3. The molecule has 1 unspecified atom stereocenters. The Morgan fingerprint density at radius 1 is 1.10 bits per heavy atom. The van der Waals surface area contributed by atoms with Crippen LogP contribution in [0.1, 0.15) is 44.3 Å². The van der Waals surface area contributed by atoms with Crippen LogP contribution in [0.4, 0.5) is 5.69 Å². The summed E-state index contributed by atoms with van der Waals surface area (Å²) < 4.78 is 0. The molecule has 1 N–H and O–H groups in total. The first-order valence-electron chi connectivity index (χ1n) is 8.01. The van der Waals surface area contributed by atoms with Gasteiger partial charge in [-0.1, -0.05) is 24.6 Å². The molecule has 0 radical (unpaired) electrons. The molecule has 3 rings (SSSR count). The third-order valence-corrected chi connectivity index (χ3v) is 4.80.